The smallest absolute Gasteiger partial charge is 0.259 e. The van der Waals surface area contributed by atoms with Crippen molar-refractivity contribution in [2.75, 3.05) is 25.3 Å². The number of nitrogens with two attached hydrogens (primary N) is 1. The lowest BCUT2D eigenvalue weighted by molar-refractivity contribution is 0.102. The normalized spacial score (nSPS) is 10.0. The maximum absolute atomic E-state index is 12.0. The lowest BCUT2D eigenvalue weighted by Gasteiger charge is -2.11. The summed E-state index contributed by atoms with van der Waals surface area (Å²) in [6.07, 6.45) is 1.35. The summed E-state index contributed by atoms with van der Waals surface area (Å²) in [5.41, 5.74) is 6.35. The van der Waals surface area contributed by atoms with Crippen LogP contribution in [0.3, 0.4) is 0 Å². The Hall–Kier alpha value is -2.70. The van der Waals surface area contributed by atoms with Crippen LogP contribution in [0.2, 0.25) is 0 Å². The first kappa shape index (κ1) is 12.7. The monoisotopic (exact) mass is 263 g/mol. The van der Waals surface area contributed by atoms with Gasteiger partial charge in [-0.1, -0.05) is 5.16 Å². The van der Waals surface area contributed by atoms with Gasteiger partial charge in [-0.2, -0.15) is 0 Å². The van der Waals surface area contributed by atoms with Gasteiger partial charge < -0.3 is 25.0 Å². The van der Waals surface area contributed by atoms with E-state index in [4.69, 9.17) is 15.2 Å². The summed E-state index contributed by atoms with van der Waals surface area (Å²) in [6, 6.07) is 4.55. The minimum Gasteiger partial charge on any atom is -0.493 e. The number of hydrogen-bond acceptors (Lipinski definition) is 6. The number of amides is 1. The van der Waals surface area contributed by atoms with E-state index in [0.717, 1.165) is 0 Å². The van der Waals surface area contributed by atoms with Gasteiger partial charge in [-0.3, -0.25) is 4.79 Å². The van der Waals surface area contributed by atoms with Crippen LogP contribution in [0.15, 0.2) is 29.0 Å². The molecule has 0 unspecified atom stereocenters. The van der Waals surface area contributed by atoms with E-state index >= 15 is 0 Å². The van der Waals surface area contributed by atoms with Crippen LogP contribution in [-0.2, 0) is 0 Å². The summed E-state index contributed by atoms with van der Waals surface area (Å²) < 4.78 is 14.8. The highest BCUT2D eigenvalue weighted by Crippen LogP contribution is 2.32. The summed E-state index contributed by atoms with van der Waals surface area (Å²) in [5.74, 6) is 0.770. The van der Waals surface area contributed by atoms with E-state index in [1.807, 2.05) is 0 Å². The number of methoxy groups -OCH3 is 2. The van der Waals surface area contributed by atoms with Crippen LogP contribution in [0.4, 0.5) is 11.5 Å². The van der Waals surface area contributed by atoms with Gasteiger partial charge in [0.05, 0.1) is 19.8 Å². The van der Waals surface area contributed by atoms with Crippen LogP contribution in [-0.4, -0.2) is 25.3 Å². The van der Waals surface area contributed by atoms with Crippen LogP contribution in [0.1, 0.15) is 10.4 Å². The maximum atomic E-state index is 12.0. The van der Waals surface area contributed by atoms with Crippen molar-refractivity contribution >= 4 is 17.4 Å². The van der Waals surface area contributed by atoms with E-state index in [2.05, 4.69) is 15.0 Å². The second-order valence-corrected chi connectivity index (χ2v) is 3.63. The molecule has 0 fully saturated rings. The number of anilines is 2. The molecule has 0 saturated carbocycles. The molecule has 7 nitrogen and oxygen atoms in total. The van der Waals surface area contributed by atoms with Crippen molar-refractivity contribution in [1.29, 1.82) is 0 Å². The Morgan fingerprint density at radius 2 is 2.00 bits per heavy atom. The first-order chi connectivity index (χ1) is 9.15. The van der Waals surface area contributed by atoms with Crippen molar-refractivity contribution in [3.8, 4) is 11.5 Å². The van der Waals surface area contributed by atoms with E-state index in [0.29, 0.717) is 17.3 Å². The molecule has 1 aromatic heterocycles. The number of rotatable bonds is 4. The Morgan fingerprint density at radius 1 is 1.32 bits per heavy atom. The summed E-state index contributed by atoms with van der Waals surface area (Å²) in [7, 11) is 2.97. The number of carbonyl (C=O) groups excluding carboxylic acids is 1. The number of benzene rings is 1. The summed E-state index contributed by atoms with van der Waals surface area (Å²) in [5, 5.41) is 6.13. The SMILES string of the molecule is COc1cc(N)c(C(=O)Nc2ccon2)cc1OC. The van der Waals surface area contributed by atoms with Crippen LogP contribution in [0.25, 0.3) is 0 Å². The third-order valence-corrected chi connectivity index (χ3v) is 2.48. The quantitative estimate of drug-likeness (QED) is 0.811. The highest BCUT2D eigenvalue weighted by molar-refractivity contribution is 6.07. The predicted octanol–water partition coefficient (Wildman–Crippen LogP) is 1.53. The van der Waals surface area contributed by atoms with Crippen LogP contribution >= 0.6 is 0 Å². The predicted molar refractivity (Wildman–Crippen MR) is 68.4 cm³/mol. The number of ether oxygens (including phenoxy) is 2. The molecule has 0 saturated heterocycles. The maximum Gasteiger partial charge on any atom is 0.259 e. The molecule has 0 spiro atoms. The zero-order valence-electron chi connectivity index (χ0n) is 10.5. The largest absolute Gasteiger partial charge is 0.493 e. The molecule has 3 N–H and O–H groups in total. The molecular formula is C12H13N3O4. The topological polar surface area (TPSA) is 99.6 Å². The molecular weight excluding hydrogens is 250 g/mol. The molecule has 19 heavy (non-hydrogen) atoms. The lowest BCUT2D eigenvalue weighted by atomic mass is 10.1. The number of nitrogens with zero attached hydrogens (tertiary/aromatic N) is 1. The number of carbonyl (C=O) groups is 1. The van der Waals surface area contributed by atoms with Gasteiger partial charge in [0.1, 0.15) is 6.26 Å². The molecule has 0 bridgehead atoms. The van der Waals surface area contributed by atoms with Gasteiger partial charge in [0.15, 0.2) is 17.3 Å². The second-order valence-electron chi connectivity index (χ2n) is 3.63. The van der Waals surface area contributed by atoms with E-state index in [1.54, 1.807) is 0 Å². The molecule has 2 rings (SSSR count). The molecule has 1 heterocycles. The Morgan fingerprint density at radius 3 is 2.58 bits per heavy atom. The van der Waals surface area contributed by atoms with Crippen LogP contribution in [0, 0.1) is 0 Å². The van der Waals surface area contributed by atoms with Crippen molar-refractivity contribution in [2.45, 2.75) is 0 Å². The highest BCUT2D eigenvalue weighted by Gasteiger charge is 2.16. The Labute approximate surface area is 109 Å². The first-order valence-corrected chi connectivity index (χ1v) is 5.39. The van der Waals surface area contributed by atoms with E-state index in [9.17, 15) is 4.79 Å². The fourth-order valence-electron chi connectivity index (χ4n) is 1.55. The van der Waals surface area contributed by atoms with Crippen LogP contribution in [0.5, 0.6) is 11.5 Å². The van der Waals surface area contributed by atoms with Gasteiger partial charge in [0, 0.05) is 17.8 Å². The number of hydrogen-bond donors (Lipinski definition) is 2. The molecule has 0 aliphatic rings. The van der Waals surface area contributed by atoms with Crippen molar-refractivity contribution in [2.24, 2.45) is 0 Å². The first-order valence-electron chi connectivity index (χ1n) is 5.39. The molecule has 2 aromatic rings. The second kappa shape index (κ2) is 5.30. The Bertz CT molecular complexity index is 581. The number of aromatic nitrogens is 1. The van der Waals surface area contributed by atoms with E-state index < -0.39 is 5.91 Å². The van der Waals surface area contributed by atoms with Crippen molar-refractivity contribution in [3.63, 3.8) is 0 Å². The summed E-state index contributed by atoms with van der Waals surface area (Å²) in [4.78, 5) is 12.0. The summed E-state index contributed by atoms with van der Waals surface area (Å²) in [6.45, 7) is 0. The third kappa shape index (κ3) is 2.59. The fourth-order valence-corrected chi connectivity index (χ4v) is 1.55. The minimum absolute atomic E-state index is 0.264. The number of nitrogen functional groups attached to an aromatic ring is 1. The molecule has 0 atom stereocenters. The van der Waals surface area contributed by atoms with Crippen LogP contribution < -0.4 is 20.5 Å². The Kier molecular flexibility index (Phi) is 3.56. The standard InChI is InChI=1S/C12H13N3O4/c1-17-9-5-7(8(13)6-10(9)18-2)12(16)14-11-3-4-19-15-11/h3-6H,13H2,1-2H3,(H,14,15,16). The average Bonchev–Trinajstić information content (AvgIpc) is 2.90. The molecule has 0 radical (unpaired) electrons. The zero-order chi connectivity index (χ0) is 13.8. The average molecular weight is 263 g/mol. The Balaban J connectivity index is 2.31. The zero-order valence-corrected chi connectivity index (χ0v) is 10.5. The van der Waals surface area contributed by atoms with Gasteiger partial charge >= 0.3 is 0 Å². The molecule has 7 heteroatoms. The van der Waals surface area contributed by atoms with Gasteiger partial charge in [-0.05, 0) is 6.07 Å². The van der Waals surface area contributed by atoms with Gasteiger partial charge in [0.25, 0.3) is 5.91 Å². The molecule has 1 amide bonds. The van der Waals surface area contributed by atoms with Crippen molar-refractivity contribution in [1.82, 2.24) is 5.16 Å². The van der Waals surface area contributed by atoms with E-state index in [1.165, 1.54) is 38.7 Å². The molecule has 100 valence electrons. The van der Waals surface area contributed by atoms with Gasteiger partial charge in [-0.15, -0.1) is 0 Å². The van der Waals surface area contributed by atoms with Gasteiger partial charge in [-0.25, -0.2) is 0 Å². The highest BCUT2D eigenvalue weighted by atomic mass is 16.5. The minimum atomic E-state index is -0.410. The fraction of sp³-hybridized carbons (Fsp3) is 0.167. The van der Waals surface area contributed by atoms with Gasteiger partial charge in [0.2, 0.25) is 0 Å². The van der Waals surface area contributed by atoms with Crippen molar-refractivity contribution in [3.05, 3.63) is 30.0 Å². The molecule has 0 aliphatic heterocycles. The molecule has 0 aliphatic carbocycles. The van der Waals surface area contributed by atoms with E-state index in [-0.39, 0.29) is 11.3 Å². The summed E-state index contributed by atoms with van der Waals surface area (Å²) >= 11 is 0. The van der Waals surface area contributed by atoms with Crippen molar-refractivity contribution < 1.29 is 18.8 Å². The lowest BCUT2D eigenvalue weighted by Crippen LogP contribution is -2.14. The third-order valence-electron chi connectivity index (χ3n) is 2.48. The molecule has 1 aromatic carbocycles. The number of nitrogens with one attached hydrogen (secondary N) is 1.